The topological polar surface area (TPSA) is 262 Å². The van der Waals surface area contributed by atoms with E-state index in [4.69, 9.17) is 34.7 Å². The van der Waals surface area contributed by atoms with Gasteiger partial charge >= 0.3 is 0 Å². The third kappa shape index (κ3) is 10.3. The van der Waals surface area contributed by atoms with E-state index in [0.29, 0.717) is 0 Å². The number of aromatic nitrogens is 6. The summed E-state index contributed by atoms with van der Waals surface area (Å²) < 4.78 is 68.0. The van der Waals surface area contributed by atoms with Crippen molar-refractivity contribution in [2.24, 2.45) is 0 Å². The molecule has 0 fully saturated rings. The molecule has 2 aromatic heterocycles. The third-order valence-corrected chi connectivity index (χ3v) is 6.95. The van der Waals surface area contributed by atoms with Crippen LogP contribution in [0.5, 0.6) is 0 Å². The van der Waals surface area contributed by atoms with Gasteiger partial charge in [-0.05, 0) is 58.6 Å². The first-order chi connectivity index (χ1) is 18.7. The van der Waals surface area contributed by atoms with Gasteiger partial charge < -0.3 is 22.1 Å². The molecule has 42 heavy (non-hydrogen) atoms. The number of nitrogens with two attached hydrogens (primary N) is 2. The molecule has 0 saturated carbocycles. The molecule has 16 nitrogen and oxygen atoms in total. The van der Waals surface area contributed by atoms with Crippen LogP contribution < -0.4 is 22.1 Å². The summed E-state index contributed by atoms with van der Waals surface area (Å²) in [7, 11) is -9.54. The van der Waals surface area contributed by atoms with Gasteiger partial charge in [-0.25, -0.2) is 0 Å². The van der Waals surface area contributed by atoms with Crippen LogP contribution in [0.25, 0.3) is 12.2 Å². The molecular formula is C20H16Cl2K2N10O6S2. The Morgan fingerprint density at radius 3 is 1.31 bits per heavy atom. The Hall–Kier alpha value is -0.927. The van der Waals surface area contributed by atoms with E-state index in [0.717, 1.165) is 12.1 Å². The molecule has 0 aliphatic rings. The van der Waals surface area contributed by atoms with Crippen molar-refractivity contribution in [3.63, 3.8) is 0 Å². The molecule has 0 spiro atoms. The van der Waals surface area contributed by atoms with Gasteiger partial charge in [0.05, 0.1) is 0 Å². The number of hydrogen-bond acceptors (Lipinski definition) is 14. The minimum Gasteiger partial charge on any atom is -0.368 e. The summed E-state index contributed by atoms with van der Waals surface area (Å²) in [5.74, 6) is -0.547. The van der Waals surface area contributed by atoms with E-state index in [1.807, 2.05) is 0 Å². The summed E-state index contributed by atoms with van der Waals surface area (Å²) in [5.41, 5.74) is 11.3. The molecule has 0 aliphatic heterocycles. The van der Waals surface area contributed by atoms with Gasteiger partial charge in [-0.3, -0.25) is 9.11 Å². The van der Waals surface area contributed by atoms with Crippen LogP contribution in [0, 0.1) is 0 Å². The van der Waals surface area contributed by atoms with Crippen LogP contribution >= 0.6 is 23.2 Å². The van der Waals surface area contributed by atoms with Crippen molar-refractivity contribution in [3.8, 4) is 0 Å². The summed E-state index contributed by atoms with van der Waals surface area (Å²) >= 11 is 11.5. The Balaban J connectivity index is 0.00000308. The van der Waals surface area contributed by atoms with Crippen LogP contribution in [0.2, 0.25) is 10.6 Å². The Bertz CT molecular complexity index is 1710. The van der Waals surface area contributed by atoms with Crippen molar-refractivity contribution in [3.05, 3.63) is 58.1 Å². The van der Waals surface area contributed by atoms with Gasteiger partial charge in [-0.2, -0.15) is 46.7 Å². The fourth-order valence-electron chi connectivity index (χ4n) is 3.23. The summed E-state index contributed by atoms with van der Waals surface area (Å²) in [6.07, 6.45) is 2.43. The van der Waals surface area contributed by atoms with Crippen LogP contribution in [0.15, 0.2) is 46.2 Å². The third-order valence-electron chi connectivity index (χ3n) is 4.79. The largest absolute Gasteiger partial charge is 0.368 e. The van der Waals surface area contributed by atoms with E-state index in [9.17, 15) is 25.9 Å². The zero-order chi connectivity index (χ0) is 29.2. The predicted molar refractivity (Wildman–Crippen MR) is 158 cm³/mol. The van der Waals surface area contributed by atoms with Gasteiger partial charge in [-0.1, -0.05) is 24.3 Å². The molecule has 0 amide bonds. The van der Waals surface area contributed by atoms with Crippen LogP contribution in [0.1, 0.15) is 11.1 Å². The normalized spacial score (nSPS) is 11.4. The maximum atomic E-state index is 12.1. The molecule has 0 saturated heterocycles. The molecule has 210 valence electrons. The average Bonchev–Trinajstić information content (AvgIpc) is 2.81. The molecule has 0 bridgehead atoms. The summed E-state index contributed by atoms with van der Waals surface area (Å²) in [5, 5.41) is 4.96. The minimum atomic E-state index is -4.77. The molecule has 2 heterocycles. The number of nitrogens with zero attached hydrogens (tertiary/aromatic N) is 6. The SMILES string of the molecule is Nc1nc(Cl)nc(Nc2ccc(C=Cc3ccc(Nc4nc(N)nc(Cl)n4)cc3S(=O)(=O)O)c(S(=O)(=O)O)c2)n1.[K].[K]. The number of hydrogen-bond donors (Lipinski definition) is 6. The first kappa shape index (κ1) is 37.3. The van der Waals surface area contributed by atoms with Crippen LogP contribution in [0.4, 0.5) is 35.2 Å². The average molecular weight is 706 g/mol. The predicted octanol–water partition coefficient (Wildman–Crippen LogP) is 1.92. The molecule has 4 rings (SSSR count). The molecule has 2 radical (unpaired) electrons. The van der Waals surface area contributed by atoms with Gasteiger partial charge in [0.15, 0.2) is 0 Å². The molecule has 0 aliphatic carbocycles. The van der Waals surface area contributed by atoms with Gasteiger partial charge in [0.25, 0.3) is 20.2 Å². The van der Waals surface area contributed by atoms with E-state index in [1.54, 1.807) is 0 Å². The van der Waals surface area contributed by atoms with E-state index < -0.39 is 30.0 Å². The van der Waals surface area contributed by atoms with E-state index >= 15 is 0 Å². The maximum absolute atomic E-state index is 12.1. The van der Waals surface area contributed by atoms with Gasteiger partial charge in [-0.15, -0.1) is 0 Å². The first-order valence-electron chi connectivity index (χ1n) is 10.5. The quantitative estimate of drug-likeness (QED) is 0.0869. The number of nitrogens with one attached hydrogen (secondary N) is 2. The van der Waals surface area contributed by atoms with Crippen LogP contribution in [0.3, 0.4) is 0 Å². The number of nitrogen functional groups attached to an aromatic ring is 2. The second-order valence-electron chi connectivity index (χ2n) is 7.61. The van der Waals surface area contributed by atoms with Crippen LogP contribution in [-0.2, 0) is 20.2 Å². The van der Waals surface area contributed by atoms with Crippen molar-refractivity contribution in [2.75, 3.05) is 22.1 Å². The van der Waals surface area contributed by atoms with Gasteiger partial charge in [0.2, 0.25) is 34.4 Å². The standard InChI is InChI=1S/C20H16Cl2N10O6S2.2K/c21-15-27-17(23)31-19(29-15)25-11-5-3-9(13(7-11)39(33,34)35)1-2-10-4-6-12(8-14(10)40(36,37)38)26-20-30-16(22)28-18(24)32-20;;/h1-8H,(H,33,34,35)(H,36,37,38)(H3,23,25,27,29,31)(H3,24,26,28,30,32);;. The Morgan fingerprint density at radius 2 is 1.00 bits per heavy atom. The smallest absolute Gasteiger partial charge is 0.295 e. The fourth-order valence-corrected chi connectivity index (χ4v) is 4.98. The zero-order valence-electron chi connectivity index (χ0n) is 21.6. The number of anilines is 6. The molecule has 8 N–H and O–H groups in total. The van der Waals surface area contributed by atoms with Gasteiger partial charge in [0.1, 0.15) is 9.79 Å². The zero-order valence-corrected chi connectivity index (χ0v) is 30.9. The summed E-state index contributed by atoms with van der Waals surface area (Å²) in [4.78, 5) is 21.4. The molecular weight excluding hydrogens is 690 g/mol. The second-order valence-corrected chi connectivity index (χ2v) is 11.1. The van der Waals surface area contributed by atoms with E-state index in [2.05, 4.69) is 40.5 Å². The Labute approximate surface area is 333 Å². The second kappa shape index (κ2) is 15.4. The molecule has 0 unspecified atom stereocenters. The number of halogens is 2. The number of benzene rings is 2. The summed E-state index contributed by atoms with van der Waals surface area (Å²) in [6.45, 7) is 0. The minimum absolute atomic E-state index is 0. The molecule has 0 atom stereocenters. The Morgan fingerprint density at radius 1 is 0.643 bits per heavy atom. The maximum Gasteiger partial charge on any atom is 0.295 e. The van der Waals surface area contributed by atoms with Crippen molar-refractivity contribution in [1.82, 2.24) is 29.9 Å². The van der Waals surface area contributed by atoms with Crippen molar-refractivity contribution in [1.29, 1.82) is 0 Å². The van der Waals surface area contributed by atoms with Crippen LogP contribution in [-0.4, -0.2) is 159 Å². The number of rotatable bonds is 8. The van der Waals surface area contributed by atoms with Crippen molar-refractivity contribution in [2.45, 2.75) is 9.79 Å². The van der Waals surface area contributed by atoms with Gasteiger partial charge in [0, 0.05) is 114 Å². The Kier molecular flexibility index (Phi) is 13.6. The van der Waals surface area contributed by atoms with Crippen molar-refractivity contribution >= 4 is 194 Å². The monoisotopic (exact) mass is 704 g/mol. The molecule has 22 heteroatoms. The summed E-state index contributed by atoms with van der Waals surface area (Å²) in [6, 6.07) is 7.61. The molecule has 2 aromatic carbocycles. The van der Waals surface area contributed by atoms with E-state index in [1.165, 1.54) is 36.4 Å². The first-order valence-corrected chi connectivity index (χ1v) is 14.1. The fraction of sp³-hybridized carbons (Fsp3) is 0. The van der Waals surface area contributed by atoms with Crippen molar-refractivity contribution < 1.29 is 25.9 Å². The van der Waals surface area contributed by atoms with E-state index in [-0.39, 0.29) is 160 Å². The molecule has 4 aromatic rings.